The molecule has 1 amide bonds. The third-order valence-corrected chi connectivity index (χ3v) is 4.97. The molecule has 8 heteroatoms. The number of para-hydroxylation sites is 3. The van der Waals surface area contributed by atoms with E-state index in [-0.39, 0.29) is 36.9 Å². The van der Waals surface area contributed by atoms with Crippen LogP contribution in [0.3, 0.4) is 0 Å². The average molecular weight is 407 g/mol. The number of benzene rings is 2. The Bertz CT molecular complexity index is 1190. The minimum Gasteiger partial charge on any atom is -0.479 e. The summed E-state index contributed by atoms with van der Waals surface area (Å²) in [6, 6.07) is 12.5. The molecule has 1 unspecified atom stereocenters. The smallest absolute Gasteiger partial charge is 0.308 e. The summed E-state index contributed by atoms with van der Waals surface area (Å²) in [5, 5.41) is 0.490. The molecule has 1 aromatic heterocycles. The third kappa shape index (κ3) is 3.76. The maximum Gasteiger partial charge on any atom is 0.308 e. The van der Waals surface area contributed by atoms with Gasteiger partial charge in [-0.25, -0.2) is 4.98 Å². The Labute approximate surface area is 172 Å². The van der Waals surface area contributed by atoms with Gasteiger partial charge in [-0.1, -0.05) is 24.3 Å². The molecule has 3 aromatic rings. The summed E-state index contributed by atoms with van der Waals surface area (Å²) in [5.41, 5.74) is 1.80. The number of carbonyl (C=O) groups excluding carboxylic acids is 2. The van der Waals surface area contributed by atoms with E-state index in [0.29, 0.717) is 22.3 Å². The van der Waals surface area contributed by atoms with Crippen LogP contribution in [0.15, 0.2) is 47.3 Å². The van der Waals surface area contributed by atoms with E-state index in [9.17, 15) is 14.4 Å². The van der Waals surface area contributed by atoms with Gasteiger partial charge in [0.1, 0.15) is 18.2 Å². The molecule has 1 aliphatic rings. The highest BCUT2D eigenvalue weighted by atomic mass is 16.5. The molecule has 1 atom stereocenters. The number of H-pyrrole nitrogens is 1. The van der Waals surface area contributed by atoms with E-state index in [0.717, 1.165) is 5.56 Å². The van der Waals surface area contributed by atoms with Gasteiger partial charge in [-0.3, -0.25) is 14.4 Å². The van der Waals surface area contributed by atoms with Gasteiger partial charge in [-0.05, 0) is 37.6 Å². The van der Waals surface area contributed by atoms with Crippen molar-refractivity contribution in [1.82, 2.24) is 9.97 Å². The number of nitrogens with one attached hydrogen (secondary N) is 1. The fourth-order valence-electron chi connectivity index (χ4n) is 3.43. The van der Waals surface area contributed by atoms with Crippen LogP contribution in [0.2, 0.25) is 0 Å². The maximum absolute atomic E-state index is 12.5. The maximum atomic E-state index is 12.5. The summed E-state index contributed by atoms with van der Waals surface area (Å²) in [5.74, 6) is 0.173. The summed E-state index contributed by atoms with van der Waals surface area (Å²) < 4.78 is 10.9. The van der Waals surface area contributed by atoms with Crippen LogP contribution < -0.4 is 15.2 Å². The quantitative estimate of drug-likeness (QED) is 0.652. The predicted octanol–water partition coefficient (Wildman–Crippen LogP) is 2.48. The second-order valence-electron chi connectivity index (χ2n) is 7.11. The van der Waals surface area contributed by atoms with E-state index in [1.807, 2.05) is 19.1 Å². The van der Waals surface area contributed by atoms with E-state index in [1.54, 1.807) is 37.3 Å². The van der Waals surface area contributed by atoms with Crippen LogP contribution in [-0.2, 0) is 20.9 Å². The zero-order valence-corrected chi connectivity index (χ0v) is 16.7. The molecule has 0 fully saturated rings. The van der Waals surface area contributed by atoms with Crippen LogP contribution in [0.1, 0.15) is 24.7 Å². The molecule has 0 aliphatic carbocycles. The van der Waals surface area contributed by atoms with Gasteiger partial charge >= 0.3 is 5.97 Å². The van der Waals surface area contributed by atoms with Gasteiger partial charge in [0, 0.05) is 6.54 Å². The van der Waals surface area contributed by atoms with Crippen molar-refractivity contribution in [3.63, 3.8) is 0 Å². The minimum absolute atomic E-state index is 0.00361. The molecule has 2 aromatic carbocycles. The van der Waals surface area contributed by atoms with Gasteiger partial charge in [-0.15, -0.1) is 0 Å². The lowest BCUT2D eigenvalue weighted by Crippen LogP contribution is -2.45. The van der Waals surface area contributed by atoms with Crippen LogP contribution >= 0.6 is 0 Å². The Kier molecular flexibility index (Phi) is 5.22. The number of nitrogens with zero attached hydrogens (tertiary/aromatic N) is 2. The topological polar surface area (TPSA) is 102 Å². The minimum atomic E-state index is -0.619. The predicted molar refractivity (Wildman–Crippen MR) is 110 cm³/mol. The van der Waals surface area contributed by atoms with Crippen molar-refractivity contribution < 1.29 is 19.1 Å². The number of fused-ring (bicyclic) bond motifs is 2. The molecule has 1 N–H and O–H groups in total. The van der Waals surface area contributed by atoms with Gasteiger partial charge in [0.15, 0.2) is 6.10 Å². The number of rotatable bonds is 5. The molecule has 0 saturated carbocycles. The number of hydrogen-bond acceptors (Lipinski definition) is 6. The molecule has 1 aliphatic heterocycles. The number of aromatic amines is 1. The van der Waals surface area contributed by atoms with Gasteiger partial charge in [-0.2, -0.15) is 0 Å². The van der Waals surface area contributed by atoms with Crippen LogP contribution in [-0.4, -0.2) is 34.5 Å². The van der Waals surface area contributed by atoms with Gasteiger partial charge in [0.05, 0.1) is 23.0 Å². The molecule has 0 radical (unpaired) electrons. The first-order valence-electron chi connectivity index (χ1n) is 9.65. The number of esters is 1. The molecular formula is C22H21N3O5. The first-order chi connectivity index (χ1) is 14.4. The summed E-state index contributed by atoms with van der Waals surface area (Å²) in [6.07, 6.45) is -0.616. The van der Waals surface area contributed by atoms with E-state index >= 15 is 0 Å². The van der Waals surface area contributed by atoms with Crippen molar-refractivity contribution in [2.24, 2.45) is 0 Å². The molecule has 0 bridgehead atoms. The summed E-state index contributed by atoms with van der Waals surface area (Å²) in [6.45, 7) is 3.56. The first-order valence-corrected chi connectivity index (χ1v) is 9.65. The summed E-state index contributed by atoms with van der Waals surface area (Å²) in [4.78, 5) is 45.5. The Morgan fingerprint density at radius 2 is 2.00 bits per heavy atom. The number of carbonyl (C=O) groups is 2. The number of hydrogen-bond donors (Lipinski definition) is 1. The standard InChI is InChI=1S/C22H21N3O5/c1-13-6-5-7-15-20(13)23-18(24-21(15)27)12-29-19(26)10-11-25-16-8-3-4-9-17(16)30-14(2)22(25)28/h3-9,14H,10-12H2,1-2H3,(H,23,24,27). The molecular weight excluding hydrogens is 386 g/mol. The number of anilines is 1. The molecule has 0 saturated heterocycles. The van der Waals surface area contributed by atoms with Crippen LogP contribution in [0, 0.1) is 6.92 Å². The van der Waals surface area contributed by atoms with Crippen LogP contribution in [0.4, 0.5) is 5.69 Å². The third-order valence-electron chi connectivity index (χ3n) is 4.97. The SMILES string of the molecule is Cc1cccc2c(=O)[nH]c(COC(=O)CCN3C(=O)C(C)Oc4ccccc43)nc12. The van der Waals surface area contributed by atoms with E-state index in [4.69, 9.17) is 9.47 Å². The highest BCUT2D eigenvalue weighted by Gasteiger charge is 2.31. The van der Waals surface area contributed by atoms with Crippen molar-refractivity contribution in [2.45, 2.75) is 33.0 Å². The van der Waals surface area contributed by atoms with Crippen molar-refractivity contribution in [3.8, 4) is 5.75 Å². The van der Waals surface area contributed by atoms with Crippen molar-refractivity contribution in [1.29, 1.82) is 0 Å². The number of aryl methyl sites for hydroxylation is 1. The summed E-state index contributed by atoms with van der Waals surface area (Å²) in [7, 11) is 0. The van der Waals surface area contributed by atoms with Crippen molar-refractivity contribution in [3.05, 3.63) is 64.2 Å². The molecule has 8 nitrogen and oxygen atoms in total. The second-order valence-corrected chi connectivity index (χ2v) is 7.11. The Balaban J connectivity index is 1.41. The Morgan fingerprint density at radius 3 is 2.83 bits per heavy atom. The lowest BCUT2D eigenvalue weighted by Gasteiger charge is -2.32. The van der Waals surface area contributed by atoms with Crippen LogP contribution in [0.25, 0.3) is 10.9 Å². The highest BCUT2D eigenvalue weighted by Crippen LogP contribution is 2.33. The zero-order valence-electron chi connectivity index (χ0n) is 16.7. The second kappa shape index (κ2) is 7.98. The Morgan fingerprint density at radius 1 is 1.20 bits per heavy atom. The normalized spacial score (nSPS) is 15.6. The number of amides is 1. The molecule has 2 heterocycles. The monoisotopic (exact) mass is 407 g/mol. The number of ether oxygens (including phenoxy) is 2. The summed E-state index contributed by atoms with van der Waals surface area (Å²) >= 11 is 0. The van der Waals surface area contributed by atoms with Gasteiger partial charge in [0.2, 0.25) is 0 Å². The molecule has 154 valence electrons. The lowest BCUT2D eigenvalue weighted by atomic mass is 10.1. The molecule has 30 heavy (non-hydrogen) atoms. The van der Waals surface area contributed by atoms with E-state index in [2.05, 4.69) is 9.97 Å². The first kappa shape index (κ1) is 19.6. The molecule has 0 spiro atoms. The fraction of sp³-hybridized carbons (Fsp3) is 0.273. The number of aromatic nitrogens is 2. The van der Waals surface area contributed by atoms with E-state index < -0.39 is 12.1 Å². The average Bonchev–Trinajstić information content (AvgIpc) is 2.73. The fourth-order valence-corrected chi connectivity index (χ4v) is 3.43. The highest BCUT2D eigenvalue weighted by molar-refractivity contribution is 6.00. The Hall–Kier alpha value is -3.68. The van der Waals surface area contributed by atoms with Crippen molar-refractivity contribution in [2.75, 3.05) is 11.4 Å². The van der Waals surface area contributed by atoms with Gasteiger partial charge in [0.25, 0.3) is 11.5 Å². The van der Waals surface area contributed by atoms with Gasteiger partial charge < -0.3 is 19.4 Å². The van der Waals surface area contributed by atoms with Crippen molar-refractivity contribution >= 4 is 28.5 Å². The largest absolute Gasteiger partial charge is 0.479 e. The van der Waals surface area contributed by atoms with Crippen LogP contribution in [0.5, 0.6) is 5.75 Å². The molecule has 4 rings (SSSR count). The zero-order chi connectivity index (χ0) is 21.3. The van der Waals surface area contributed by atoms with E-state index in [1.165, 1.54) is 4.90 Å². The lowest BCUT2D eigenvalue weighted by molar-refractivity contribution is -0.145.